The number of aliphatic hydroxyl groups is 4. The normalized spacial score (nSPS) is 12.9. The fourth-order valence-corrected chi connectivity index (χ4v) is 8.52. The van der Waals surface area contributed by atoms with Crippen molar-refractivity contribution < 1.29 is 62.6 Å². The molecule has 4 atom stereocenters. The monoisotopic (exact) mass is 1250 g/mol. The Hall–Kier alpha value is 1.18. The van der Waals surface area contributed by atoms with Gasteiger partial charge in [-0.25, -0.2) is 0 Å². The van der Waals surface area contributed by atoms with E-state index in [2.05, 4.69) is 53.4 Å². The number of aliphatic hydroxyl groups excluding tert-OH is 4. The summed E-state index contributed by atoms with van der Waals surface area (Å²) in [6.07, 6.45) is 52.8. The quantitative estimate of drug-likeness (QED) is 0.0360. The molecule has 0 saturated heterocycles. The smallest absolute Gasteiger partial charge is 0.0717 e. The van der Waals surface area contributed by atoms with Crippen LogP contribution in [0.15, 0.2) is 0 Å². The second-order valence-electron chi connectivity index (χ2n) is 19.3. The average molecular weight is 1250 g/mol. The second kappa shape index (κ2) is 66.3. The van der Waals surface area contributed by atoms with Crippen molar-refractivity contribution in [2.75, 3.05) is 19.7 Å². The van der Waals surface area contributed by atoms with Gasteiger partial charge in [0.1, 0.15) is 0 Å². The fraction of sp³-hybridized carbons (Fsp3) is 0.965. The standard InChI is InChI=1S/C30H61NO2.C15H32O.C12H26O.2W/c1-4-7-10-13-14-15-16-17-18-19-20-21-22-25-30(33)29(28-32)31(26-23-11-8-5-2)27-24-12-9-6-3;1-3-5-7-9-10-12-14-15(16)13-11-8-6-4-2;1-3-5-7-9-11-12(13)10-8-6-4-2;;/h29-30,32-33H,2-28H2,1H3;15-16H,3-14H2,1-2H3;12-13H,3-11H2,1-2H3;;/q-2;;;;. The number of nitrogens with zero attached hydrogens (tertiary/aromatic N) is 1. The first-order valence-electron chi connectivity index (χ1n) is 28.3. The first-order chi connectivity index (χ1) is 30.3. The molecule has 64 heavy (non-hydrogen) atoms. The van der Waals surface area contributed by atoms with E-state index in [1.165, 1.54) is 212 Å². The molecule has 0 rings (SSSR count). The van der Waals surface area contributed by atoms with E-state index in [0.717, 1.165) is 77.3 Å². The zero-order chi connectivity index (χ0) is 46.4. The van der Waals surface area contributed by atoms with Crippen molar-refractivity contribution in [1.82, 2.24) is 4.90 Å². The topological polar surface area (TPSA) is 84.2 Å². The predicted molar refractivity (Wildman–Crippen MR) is 278 cm³/mol. The summed E-state index contributed by atoms with van der Waals surface area (Å²) in [5.41, 5.74) is 0. The molecule has 0 aliphatic carbocycles. The molecule has 0 fully saturated rings. The second-order valence-corrected chi connectivity index (χ2v) is 19.3. The van der Waals surface area contributed by atoms with E-state index in [-0.39, 0.29) is 67.0 Å². The largest absolute Gasteiger partial charge is 0.395 e. The molecule has 0 aromatic rings. The molecule has 390 valence electrons. The van der Waals surface area contributed by atoms with E-state index in [1.54, 1.807) is 0 Å². The zero-order valence-electron chi connectivity index (χ0n) is 44.3. The van der Waals surface area contributed by atoms with Crippen molar-refractivity contribution in [1.29, 1.82) is 0 Å². The van der Waals surface area contributed by atoms with E-state index < -0.39 is 6.10 Å². The molecule has 4 N–H and O–H groups in total. The first kappa shape index (κ1) is 74.1. The van der Waals surface area contributed by atoms with Crippen LogP contribution in [0.3, 0.4) is 0 Å². The number of hydrogen-bond donors (Lipinski definition) is 4. The van der Waals surface area contributed by atoms with Gasteiger partial charge in [0.2, 0.25) is 0 Å². The molecule has 4 unspecified atom stereocenters. The Morgan fingerprint density at radius 3 is 0.859 bits per heavy atom. The van der Waals surface area contributed by atoms with E-state index in [1.807, 2.05) is 0 Å². The number of hydrogen-bond acceptors (Lipinski definition) is 5. The van der Waals surface area contributed by atoms with Gasteiger partial charge in [0.15, 0.2) is 0 Å². The van der Waals surface area contributed by atoms with Crippen molar-refractivity contribution in [3.05, 3.63) is 13.8 Å². The van der Waals surface area contributed by atoms with E-state index in [9.17, 15) is 20.4 Å². The van der Waals surface area contributed by atoms with E-state index >= 15 is 0 Å². The van der Waals surface area contributed by atoms with Crippen LogP contribution in [-0.2, 0) is 42.1 Å². The summed E-state index contributed by atoms with van der Waals surface area (Å²) in [5.74, 6) is 0. The van der Waals surface area contributed by atoms with Crippen LogP contribution in [0.25, 0.3) is 0 Å². The molecule has 0 aliphatic heterocycles. The average Bonchev–Trinajstić information content (AvgIpc) is 3.27. The maximum atomic E-state index is 10.8. The number of rotatable bonds is 48. The predicted octanol–water partition coefficient (Wildman–Crippen LogP) is 17.2. The Labute approximate surface area is 433 Å². The van der Waals surface area contributed by atoms with Gasteiger partial charge in [-0.05, 0) is 58.0 Å². The van der Waals surface area contributed by atoms with Crippen molar-refractivity contribution in [3.8, 4) is 0 Å². The van der Waals surface area contributed by atoms with Crippen LogP contribution in [0.2, 0.25) is 0 Å². The van der Waals surface area contributed by atoms with Crippen LogP contribution in [0, 0.1) is 13.8 Å². The molecule has 0 amide bonds. The van der Waals surface area contributed by atoms with Gasteiger partial charge in [-0.1, -0.05) is 253 Å². The van der Waals surface area contributed by atoms with Crippen LogP contribution in [-0.4, -0.2) is 69.4 Å². The molecule has 7 heteroatoms. The molecule has 0 heterocycles. The summed E-state index contributed by atoms with van der Waals surface area (Å²) >= 11 is 0. The van der Waals surface area contributed by atoms with Gasteiger partial charge < -0.3 is 34.3 Å². The molecule has 0 aliphatic rings. The molecule has 0 aromatic heterocycles. The Kier molecular flexibility index (Phi) is 76.7. The fourth-order valence-electron chi connectivity index (χ4n) is 8.52. The van der Waals surface area contributed by atoms with Gasteiger partial charge in [0, 0.05) is 42.1 Å². The zero-order valence-corrected chi connectivity index (χ0v) is 50.2. The molecule has 0 bridgehead atoms. The van der Waals surface area contributed by atoms with Gasteiger partial charge in [0.25, 0.3) is 0 Å². The minimum atomic E-state index is -0.414. The Balaban J connectivity index is -0.000000311. The van der Waals surface area contributed by atoms with Crippen molar-refractivity contribution >= 4 is 0 Å². The SMILES string of the molecule is CCCCCCC(O)CCCCC.CCCCCCCCC(O)CCCCCC.[CH2-]CCCCCN(CCCCC[CH2-])C(CO)C(O)CCCCCCCCCCCCCCC.[W].[W]. The molecule has 0 radical (unpaired) electrons. The first-order valence-corrected chi connectivity index (χ1v) is 28.3. The molecular formula is C57H119NO4W2-2. The maximum Gasteiger partial charge on any atom is 0.0717 e. The minimum Gasteiger partial charge on any atom is -0.395 e. The van der Waals surface area contributed by atoms with Crippen LogP contribution in [0.1, 0.15) is 311 Å². The summed E-state index contributed by atoms with van der Waals surface area (Å²) in [4.78, 5) is 2.36. The van der Waals surface area contributed by atoms with Gasteiger partial charge in [0.05, 0.1) is 31.0 Å². The number of unbranched alkanes of at least 4 members (excludes halogenated alkanes) is 31. The molecule has 0 spiro atoms. The third kappa shape index (κ3) is 61.2. The summed E-state index contributed by atoms with van der Waals surface area (Å²) in [6, 6.07) is -0.109. The Morgan fingerprint density at radius 2 is 0.562 bits per heavy atom. The van der Waals surface area contributed by atoms with Gasteiger partial charge >= 0.3 is 0 Å². The summed E-state index contributed by atoms with van der Waals surface area (Å²) in [5, 5.41) is 40.2. The van der Waals surface area contributed by atoms with Crippen LogP contribution >= 0.6 is 0 Å². The minimum absolute atomic E-state index is 0. The Bertz CT molecular complexity index is 753. The molecule has 0 saturated carbocycles. The van der Waals surface area contributed by atoms with Crippen molar-refractivity contribution in [2.45, 2.75) is 335 Å². The van der Waals surface area contributed by atoms with E-state index in [4.69, 9.17) is 0 Å². The Morgan fingerprint density at radius 1 is 0.328 bits per heavy atom. The van der Waals surface area contributed by atoms with Gasteiger partial charge in [-0.2, -0.15) is 12.8 Å². The third-order valence-electron chi connectivity index (χ3n) is 12.9. The van der Waals surface area contributed by atoms with Gasteiger partial charge in [-0.3, -0.25) is 4.90 Å². The van der Waals surface area contributed by atoms with E-state index in [0.29, 0.717) is 0 Å². The van der Waals surface area contributed by atoms with Crippen LogP contribution < -0.4 is 0 Å². The summed E-state index contributed by atoms with van der Waals surface area (Å²) in [6.45, 7) is 21.1. The van der Waals surface area contributed by atoms with Gasteiger partial charge in [-0.15, -0.1) is 0 Å². The molecular weight excluding hydrogens is 1130 g/mol. The molecule has 0 aromatic carbocycles. The third-order valence-corrected chi connectivity index (χ3v) is 12.9. The summed E-state index contributed by atoms with van der Waals surface area (Å²) in [7, 11) is 0. The van der Waals surface area contributed by atoms with Crippen molar-refractivity contribution in [2.24, 2.45) is 0 Å². The molecule has 5 nitrogen and oxygen atoms in total. The maximum absolute atomic E-state index is 10.8. The summed E-state index contributed by atoms with van der Waals surface area (Å²) < 4.78 is 0. The van der Waals surface area contributed by atoms with Crippen LogP contribution in [0.4, 0.5) is 0 Å². The van der Waals surface area contributed by atoms with Crippen LogP contribution in [0.5, 0.6) is 0 Å². The van der Waals surface area contributed by atoms with Crippen molar-refractivity contribution in [3.63, 3.8) is 0 Å².